The summed E-state index contributed by atoms with van der Waals surface area (Å²) >= 11 is 0. The number of esters is 2. The van der Waals surface area contributed by atoms with E-state index in [4.69, 9.17) is 14.2 Å². The Morgan fingerprint density at radius 2 is 1.57 bits per heavy atom. The van der Waals surface area contributed by atoms with Crippen LogP contribution < -0.4 is 5.32 Å². The number of ether oxygens (including phenoxy) is 3. The zero-order valence-electron chi connectivity index (χ0n) is 29.1. The predicted molar refractivity (Wildman–Crippen MR) is 179 cm³/mol. The molecular weight excluding hydrogens is 662 g/mol. The van der Waals surface area contributed by atoms with E-state index in [1.807, 2.05) is 0 Å². The Morgan fingerprint density at radius 3 is 2.14 bits per heavy atom. The van der Waals surface area contributed by atoms with Gasteiger partial charge in [-0.25, -0.2) is 9.59 Å². The summed E-state index contributed by atoms with van der Waals surface area (Å²) in [5.74, 6) is -4.98. The molecule has 9 unspecified atom stereocenters. The Kier molecular flexibility index (Phi) is 9.31. The molecule has 6 N–H and O–H groups in total. The lowest BCUT2D eigenvalue weighted by Gasteiger charge is -2.66. The van der Waals surface area contributed by atoms with Gasteiger partial charge in [0.1, 0.15) is 29.5 Å². The second kappa shape index (κ2) is 12.9. The third kappa shape index (κ3) is 5.62. The molecule has 1 heterocycles. The highest BCUT2D eigenvalue weighted by molar-refractivity contribution is 5.94. The van der Waals surface area contributed by atoms with E-state index in [1.165, 1.54) is 32.9 Å². The number of ketones is 1. The van der Waals surface area contributed by atoms with E-state index in [2.05, 4.69) is 5.32 Å². The average molecular weight is 708 g/mol. The number of amides is 1. The second-order valence-electron chi connectivity index (χ2n) is 15.1. The largest absolute Gasteiger partial charge is 0.456 e. The van der Waals surface area contributed by atoms with Gasteiger partial charge in [0.15, 0.2) is 11.9 Å². The second-order valence-corrected chi connectivity index (χ2v) is 15.1. The first-order chi connectivity index (χ1) is 23.9. The van der Waals surface area contributed by atoms with Crippen LogP contribution in [0.25, 0.3) is 0 Å². The van der Waals surface area contributed by atoms with Crippen LogP contribution in [0.3, 0.4) is 0 Å². The molecule has 1 amide bonds. The molecule has 13 heteroatoms. The van der Waals surface area contributed by atoms with E-state index in [-0.39, 0.29) is 29.7 Å². The normalized spacial score (nSPS) is 36.5. The molecule has 2 bridgehead atoms. The van der Waals surface area contributed by atoms with E-state index < -0.39 is 101 Å². The monoisotopic (exact) mass is 707 g/mol. The van der Waals surface area contributed by atoms with Crippen LogP contribution >= 0.6 is 0 Å². The van der Waals surface area contributed by atoms with Crippen LogP contribution in [0.4, 0.5) is 0 Å². The number of benzene rings is 2. The van der Waals surface area contributed by atoms with Gasteiger partial charge in [0.2, 0.25) is 5.91 Å². The van der Waals surface area contributed by atoms with Crippen LogP contribution in [0.15, 0.2) is 71.8 Å². The highest BCUT2D eigenvalue weighted by Crippen LogP contribution is 2.63. The molecule has 2 aromatic rings. The number of hydrogen-bond acceptors (Lipinski definition) is 12. The van der Waals surface area contributed by atoms with Crippen LogP contribution in [-0.2, 0) is 28.6 Å². The standard InChI is InChI=1S/C38H45NO12/c1-19-23(50-34(46)29(43)27(39-20(2)40)21-12-8-6-9-13-21)17-38(48)32(51-33(45)22-14-10-7-11-15-22)30-36(5,24(41)16-25-37(30,47)18-49-25)31(44)28(42)26(19)35(38,3)4/h6-15,23-25,27-30,32,41-43,47-48H,16-18H2,1-5H3,(H,39,40)/t23?,24?,25?,27?,28?,29?,30?,32?,36-,37+,38?/m1/s1. The topological polar surface area (TPSA) is 209 Å². The fourth-order valence-electron chi connectivity index (χ4n) is 8.95. The number of aliphatic hydroxyl groups excluding tert-OH is 3. The van der Waals surface area contributed by atoms with Gasteiger partial charge in [0.25, 0.3) is 0 Å². The van der Waals surface area contributed by atoms with Crippen molar-refractivity contribution in [2.24, 2.45) is 16.7 Å². The first-order valence-electron chi connectivity index (χ1n) is 17.0. The van der Waals surface area contributed by atoms with Crippen molar-refractivity contribution in [3.05, 3.63) is 82.9 Å². The summed E-state index contributed by atoms with van der Waals surface area (Å²) in [7, 11) is 0. The number of hydrogen-bond donors (Lipinski definition) is 6. The number of fused-ring (bicyclic) bond motifs is 5. The summed E-state index contributed by atoms with van der Waals surface area (Å²) in [4.78, 5) is 54.3. The maximum absolute atomic E-state index is 14.6. The molecule has 3 fully saturated rings. The Balaban J connectivity index is 1.48. The minimum atomic E-state index is -2.28. The molecule has 6 rings (SSSR count). The first-order valence-corrected chi connectivity index (χ1v) is 17.0. The molecule has 2 aromatic carbocycles. The quantitative estimate of drug-likeness (QED) is 0.178. The molecule has 13 nitrogen and oxygen atoms in total. The molecule has 274 valence electrons. The summed E-state index contributed by atoms with van der Waals surface area (Å²) in [6.45, 7) is 6.94. The van der Waals surface area contributed by atoms with Gasteiger partial charge in [-0.3, -0.25) is 9.59 Å². The maximum Gasteiger partial charge on any atom is 0.338 e. The Hall–Kier alpha value is -3.98. The van der Waals surface area contributed by atoms with Gasteiger partial charge in [-0.05, 0) is 42.7 Å². The SMILES string of the molecule is CC(=O)NC(c1ccccc1)C(O)C(=O)OC1CC2(O)C(OC(=O)c3ccccc3)C3[C@]4(O)COC4CC(O)[C@@]3(C)C(=O)C(O)C(=C1C)C2(C)C. The van der Waals surface area contributed by atoms with Crippen molar-refractivity contribution in [1.29, 1.82) is 0 Å². The molecule has 2 saturated carbocycles. The number of carbonyl (C=O) groups excluding carboxylic acids is 4. The lowest BCUT2D eigenvalue weighted by molar-refractivity contribution is -0.343. The van der Waals surface area contributed by atoms with Gasteiger partial charge in [-0.2, -0.15) is 0 Å². The van der Waals surface area contributed by atoms with Crippen LogP contribution in [0.2, 0.25) is 0 Å². The summed E-state index contributed by atoms with van der Waals surface area (Å²) in [5, 5.41) is 62.7. The zero-order valence-corrected chi connectivity index (χ0v) is 29.1. The fourth-order valence-corrected chi connectivity index (χ4v) is 8.95. The third-order valence-corrected chi connectivity index (χ3v) is 12.0. The van der Waals surface area contributed by atoms with Gasteiger partial charge in [-0.15, -0.1) is 0 Å². The van der Waals surface area contributed by atoms with Crippen molar-refractivity contribution in [3.63, 3.8) is 0 Å². The van der Waals surface area contributed by atoms with Gasteiger partial charge < -0.3 is 45.1 Å². The van der Waals surface area contributed by atoms with E-state index in [0.717, 1.165) is 0 Å². The number of carbonyl (C=O) groups is 4. The van der Waals surface area contributed by atoms with Crippen LogP contribution in [-0.4, -0.2) is 104 Å². The highest BCUT2D eigenvalue weighted by Gasteiger charge is 2.76. The van der Waals surface area contributed by atoms with Crippen molar-refractivity contribution >= 4 is 23.6 Å². The smallest absolute Gasteiger partial charge is 0.338 e. The molecule has 3 aliphatic carbocycles. The molecule has 0 aromatic heterocycles. The number of aliphatic hydroxyl groups is 5. The first kappa shape index (κ1) is 36.8. The third-order valence-electron chi connectivity index (χ3n) is 12.0. The number of nitrogens with one attached hydrogen (secondary N) is 1. The highest BCUT2D eigenvalue weighted by atomic mass is 16.6. The molecule has 1 saturated heterocycles. The molecule has 51 heavy (non-hydrogen) atoms. The van der Waals surface area contributed by atoms with Gasteiger partial charge in [0.05, 0.1) is 35.8 Å². The minimum Gasteiger partial charge on any atom is -0.456 e. The maximum atomic E-state index is 14.6. The molecule has 11 atom stereocenters. The van der Waals surface area contributed by atoms with Crippen molar-refractivity contribution in [2.45, 2.75) is 101 Å². The molecule has 4 aliphatic rings. The fraction of sp³-hybridized carbons (Fsp3) is 0.526. The Morgan fingerprint density at radius 1 is 0.961 bits per heavy atom. The van der Waals surface area contributed by atoms with Gasteiger partial charge in [-0.1, -0.05) is 62.4 Å². The van der Waals surface area contributed by atoms with Crippen molar-refractivity contribution < 1.29 is 58.9 Å². The summed E-state index contributed by atoms with van der Waals surface area (Å²) in [5.41, 5.74) is -6.99. The van der Waals surface area contributed by atoms with Crippen molar-refractivity contribution in [2.75, 3.05) is 6.61 Å². The average Bonchev–Trinajstić information content (AvgIpc) is 3.09. The molecular formula is C38H45NO12. The van der Waals surface area contributed by atoms with Crippen LogP contribution in [0.1, 0.15) is 69.4 Å². The van der Waals surface area contributed by atoms with E-state index in [9.17, 15) is 44.7 Å². The predicted octanol–water partition coefficient (Wildman–Crippen LogP) is 1.30. The number of rotatable bonds is 7. The van der Waals surface area contributed by atoms with E-state index >= 15 is 0 Å². The Labute approximate surface area is 295 Å². The number of Topliss-reactive ketones (excluding diaryl/α,β-unsaturated/α-hetero) is 1. The Bertz CT molecular complexity index is 1750. The molecule has 0 radical (unpaired) electrons. The zero-order chi connectivity index (χ0) is 37.3. The lowest BCUT2D eigenvalue weighted by atomic mass is 9.44. The van der Waals surface area contributed by atoms with Gasteiger partial charge >= 0.3 is 11.9 Å². The molecule has 0 spiro atoms. The summed E-state index contributed by atoms with van der Waals surface area (Å²) < 4.78 is 17.7. The van der Waals surface area contributed by atoms with E-state index in [0.29, 0.717) is 5.56 Å². The molecule has 1 aliphatic heterocycles. The summed E-state index contributed by atoms with van der Waals surface area (Å²) in [6, 6.07) is 15.0. The van der Waals surface area contributed by atoms with Crippen molar-refractivity contribution in [1.82, 2.24) is 5.32 Å². The summed E-state index contributed by atoms with van der Waals surface area (Å²) in [6.07, 6.45) is -10.1. The van der Waals surface area contributed by atoms with E-state index in [1.54, 1.807) is 62.4 Å². The minimum absolute atomic E-state index is 0.0263. The van der Waals surface area contributed by atoms with Crippen LogP contribution in [0.5, 0.6) is 0 Å². The van der Waals surface area contributed by atoms with Crippen molar-refractivity contribution in [3.8, 4) is 0 Å². The lowest BCUT2D eigenvalue weighted by Crippen LogP contribution is -2.81. The van der Waals surface area contributed by atoms with Gasteiger partial charge in [0, 0.05) is 31.1 Å². The van der Waals surface area contributed by atoms with Crippen LogP contribution in [0, 0.1) is 16.7 Å².